The van der Waals surface area contributed by atoms with Crippen molar-refractivity contribution in [2.75, 3.05) is 18.1 Å². The summed E-state index contributed by atoms with van der Waals surface area (Å²) in [5, 5.41) is 17.3. The molecular weight excluding hydrogens is 172 g/mol. The van der Waals surface area contributed by atoms with E-state index in [0.29, 0.717) is 5.82 Å². The highest BCUT2D eigenvalue weighted by atomic mass is 16.4. The molecule has 0 aliphatic rings. The van der Waals surface area contributed by atoms with E-state index in [1.54, 1.807) is 18.2 Å². The molecule has 2 N–H and O–H groups in total. The topological polar surface area (TPSA) is 73.7 Å². The van der Waals surface area contributed by atoms with Crippen molar-refractivity contribution in [2.45, 2.75) is 0 Å². The summed E-state index contributed by atoms with van der Waals surface area (Å²) in [5.74, 6) is 0.323. The first-order valence-corrected chi connectivity index (χ1v) is 3.78. The van der Waals surface area contributed by atoms with E-state index in [1.807, 2.05) is 0 Å². The maximum Gasteiger partial charge on any atom is 0.413 e. The first kappa shape index (κ1) is 9.47. The van der Waals surface area contributed by atoms with Crippen LogP contribution in [0.3, 0.4) is 0 Å². The Hall–Kier alpha value is -1.62. The molecule has 0 saturated carbocycles. The van der Waals surface area contributed by atoms with Crippen molar-refractivity contribution < 1.29 is 15.0 Å². The maximum absolute atomic E-state index is 10.7. The molecule has 0 aliphatic carbocycles. The second-order valence-corrected chi connectivity index (χ2v) is 2.35. The third-order valence-corrected chi connectivity index (χ3v) is 1.48. The number of pyridine rings is 1. The molecule has 0 atom stereocenters. The van der Waals surface area contributed by atoms with E-state index < -0.39 is 6.09 Å². The Bertz CT molecular complexity index is 276. The highest BCUT2D eigenvalue weighted by Gasteiger charge is 2.13. The summed E-state index contributed by atoms with van der Waals surface area (Å²) in [6.07, 6.45) is 0.385. The summed E-state index contributed by atoms with van der Waals surface area (Å²) < 4.78 is 0. The SMILES string of the molecule is O=C(O)N(CCO)c1ccccn1. The number of nitrogens with zero attached hydrogens (tertiary/aromatic N) is 2. The lowest BCUT2D eigenvalue weighted by molar-refractivity contribution is 0.198. The molecule has 1 amide bonds. The molecule has 1 heterocycles. The van der Waals surface area contributed by atoms with Gasteiger partial charge in [-0.2, -0.15) is 0 Å². The number of hydrogen-bond donors (Lipinski definition) is 2. The van der Waals surface area contributed by atoms with Gasteiger partial charge in [0, 0.05) is 6.20 Å². The first-order valence-electron chi connectivity index (χ1n) is 3.78. The molecule has 0 fully saturated rings. The lowest BCUT2D eigenvalue weighted by Crippen LogP contribution is -2.32. The van der Waals surface area contributed by atoms with E-state index in [9.17, 15) is 4.79 Å². The summed E-state index contributed by atoms with van der Waals surface area (Å²) in [4.78, 5) is 15.5. The van der Waals surface area contributed by atoms with Crippen LogP contribution in [-0.2, 0) is 0 Å². The summed E-state index contributed by atoms with van der Waals surface area (Å²) >= 11 is 0. The van der Waals surface area contributed by atoms with Gasteiger partial charge in [-0.15, -0.1) is 0 Å². The van der Waals surface area contributed by atoms with E-state index in [-0.39, 0.29) is 13.2 Å². The van der Waals surface area contributed by atoms with Gasteiger partial charge >= 0.3 is 6.09 Å². The quantitative estimate of drug-likeness (QED) is 0.716. The molecule has 1 aromatic heterocycles. The molecule has 13 heavy (non-hydrogen) atoms. The van der Waals surface area contributed by atoms with Crippen molar-refractivity contribution in [3.8, 4) is 0 Å². The van der Waals surface area contributed by atoms with Gasteiger partial charge in [0.2, 0.25) is 0 Å². The zero-order valence-corrected chi connectivity index (χ0v) is 6.92. The van der Waals surface area contributed by atoms with Gasteiger partial charge in [-0.25, -0.2) is 9.78 Å². The first-order chi connectivity index (χ1) is 6.25. The molecule has 5 nitrogen and oxygen atoms in total. The summed E-state index contributed by atoms with van der Waals surface area (Å²) in [6.45, 7) is -0.185. The van der Waals surface area contributed by atoms with Gasteiger partial charge in [-0.3, -0.25) is 4.90 Å². The van der Waals surface area contributed by atoms with Crippen molar-refractivity contribution in [3.05, 3.63) is 24.4 Å². The fraction of sp³-hybridized carbons (Fsp3) is 0.250. The van der Waals surface area contributed by atoms with E-state index >= 15 is 0 Å². The minimum absolute atomic E-state index is 0.0341. The van der Waals surface area contributed by atoms with Crippen LogP contribution in [0, 0.1) is 0 Å². The van der Waals surface area contributed by atoms with E-state index in [0.717, 1.165) is 4.90 Å². The standard InChI is InChI=1S/C8H10N2O3/c11-6-5-10(8(12)13)7-3-1-2-4-9-7/h1-4,11H,5-6H2,(H,12,13). The number of hydrogen-bond acceptors (Lipinski definition) is 3. The predicted octanol–water partition coefficient (Wildman–Crippen LogP) is 0.558. The molecule has 0 radical (unpaired) electrons. The van der Waals surface area contributed by atoms with Gasteiger partial charge in [0.1, 0.15) is 5.82 Å². The molecule has 0 saturated heterocycles. The minimum Gasteiger partial charge on any atom is -0.465 e. The van der Waals surface area contributed by atoms with Crippen molar-refractivity contribution in [2.24, 2.45) is 0 Å². The average Bonchev–Trinajstić information content (AvgIpc) is 2.15. The van der Waals surface area contributed by atoms with Crippen LogP contribution < -0.4 is 4.90 Å². The highest BCUT2D eigenvalue weighted by molar-refractivity contribution is 5.84. The monoisotopic (exact) mass is 182 g/mol. The molecule has 0 spiro atoms. The van der Waals surface area contributed by atoms with Crippen molar-refractivity contribution in [3.63, 3.8) is 0 Å². The Morgan fingerprint density at radius 3 is 2.77 bits per heavy atom. The number of carboxylic acid groups (broad SMARTS) is 1. The predicted molar refractivity (Wildman–Crippen MR) is 46.7 cm³/mol. The minimum atomic E-state index is -1.12. The zero-order valence-electron chi connectivity index (χ0n) is 6.92. The van der Waals surface area contributed by atoms with Crippen LogP contribution in [0.4, 0.5) is 10.6 Å². The van der Waals surface area contributed by atoms with Gasteiger partial charge in [0.25, 0.3) is 0 Å². The van der Waals surface area contributed by atoms with Gasteiger partial charge in [-0.05, 0) is 12.1 Å². The van der Waals surface area contributed by atoms with Crippen LogP contribution in [0.1, 0.15) is 0 Å². The number of aliphatic hydroxyl groups excluding tert-OH is 1. The van der Waals surface area contributed by atoms with Gasteiger partial charge < -0.3 is 10.2 Å². The fourth-order valence-corrected chi connectivity index (χ4v) is 0.922. The zero-order chi connectivity index (χ0) is 9.68. The van der Waals surface area contributed by atoms with Crippen LogP contribution in [-0.4, -0.2) is 34.4 Å². The largest absolute Gasteiger partial charge is 0.465 e. The summed E-state index contributed by atoms with van der Waals surface area (Å²) in [5.41, 5.74) is 0. The number of anilines is 1. The number of rotatable bonds is 3. The van der Waals surface area contributed by atoms with Gasteiger partial charge in [0.15, 0.2) is 0 Å². The van der Waals surface area contributed by atoms with Gasteiger partial charge in [0.05, 0.1) is 13.2 Å². The average molecular weight is 182 g/mol. The van der Waals surface area contributed by atoms with Crippen molar-refractivity contribution in [1.82, 2.24) is 4.98 Å². The molecule has 1 rings (SSSR count). The summed E-state index contributed by atoms with van der Waals surface area (Å²) in [6, 6.07) is 4.96. The fourth-order valence-electron chi connectivity index (χ4n) is 0.922. The van der Waals surface area contributed by atoms with Crippen molar-refractivity contribution in [1.29, 1.82) is 0 Å². The Balaban J connectivity index is 2.82. The summed E-state index contributed by atoms with van der Waals surface area (Å²) in [7, 11) is 0. The number of carbonyl (C=O) groups is 1. The highest BCUT2D eigenvalue weighted by Crippen LogP contribution is 2.08. The third-order valence-electron chi connectivity index (χ3n) is 1.48. The Morgan fingerprint density at radius 2 is 2.31 bits per heavy atom. The molecule has 0 bridgehead atoms. The normalized spacial score (nSPS) is 9.62. The van der Waals surface area contributed by atoms with Crippen LogP contribution in [0.2, 0.25) is 0 Å². The maximum atomic E-state index is 10.7. The number of amides is 1. The number of aliphatic hydroxyl groups is 1. The molecule has 1 aromatic rings. The molecule has 0 aliphatic heterocycles. The third kappa shape index (κ3) is 2.41. The Labute approximate surface area is 75.3 Å². The molecular formula is C8H10N2O3. The molecule has 5 heteroatoms. The van der Waals surface area contributed by atoms with E-state index in [2.05, 4.69) is 4.98 Å². The van der Waals surface area contributed by atoms with Gasteiger partial charge in [-0.1, -0.05) is 6.07 Å². The number of aromatic nitrogens is 1. The van der Waals surface area contributed by atoms with Crippen molar-refractivity contribution >= 4 is 11.9 Å². The van der Waals surface area contributed by atoms with Crippen LogP contribution in [0.15, 0.2) is 24.4 Å². The second-order valence-electron chi connectivity index (χ2n) is 2.35. The van der Waals surface area contributed by atoms with E-state index in [1.165, 1.54) is 6.20 Å². The second kappa shape index (κ2) is 4.42. The smallest absolute Gasteiger partial charge is 0.413 e. The van der Waals surface area contributed by atoms with Crippen LogP contribution in [0.5, 0.6) is 0 Å². The van der Waals surface area contributed by atoms with Crippen LogP contribution >= 0.6 is 0 Å². The molecule has 70 valence electrons. The molecule has 0 unspecified atom stereocenters. The van der Waals surface area contributed by atoms with Crippen LogP contribution in [0.25, 0.3) is 0 Å². The molecule has 0 aromatic carbocycles. The van der Waals surface area contributed by atoms with E-state index in [4.69, 9.17) is 10.2 Å². The lowest BCUT2D eigenvalue weighted by Gasteiger charge is -2.15. The Kier molecular flexibility index (Phi) is 3.22. The Morgan fingerprint density at radius 1 is 1.54 bits per heavy atom. The lowest BCUT2D eigenvalue weighted by atomic mass is 10.4.